The predicted octanol–water partition coefficient (Wildman–Crippen LogP) is 1.53. The topological polar surface area (TPSA) is 97.1 Å². The van der Waals surface area contributed by atoms with Crippen molar-refractivity contribution in [3.05, 3.63) is 76.5 Å². The standard InChI is InChI=1S/C19H17FN6O2/c1-25-16(13-2-4-14(20)5-3-13)11-26-10-15(24-17(26)19(25)28)18(27)21-7-6-12-8-22-23-9-12/h2-5,8-11H,6-7H2,1H3,(H,21,27)(H,22,23). The summed E-state index contributed by atoms with van der Waals surface area (Å²) >= 11 is 0. The molecule has 0 radical (unpaired) electrons. The number of imidazole rings is 1. The van der Waals surface area contributed by atoms with Crippen LogP contribution in [0.1, 0.15) is 16.1 Å². The molecule has 0 aliphatic carbocycles. The van der Waals surface area contributed by atoms with Crippen molar-refractivity contribution in [1.82, 2.24) is 29.5 Å². The molecule has 3 aromatic heterocycles. The van der Waals surface area contributed by atoms with Crippen LogP contribution >= 0.6 is 0 Å². The van der Waals surface area contributed by atoms with Crippen LogP contribution in [0.3, 0.4) is 0 Å². The van der Waals surface area contributed by atoms with Gasteiger partial charge in [0.1, 0.15) is 11.5 Å². The van der Waals surface area contributed by atoms with Crippen LogP contribution in [0.4, 0.5) is 4.39 Å². The van der Waals surface area contributed by atoms with Gasteiger partial charge in [0, 0.05) is 32.2 Å². The number of hydrogen-bond acceptors (Lipinski definition) is 4. The van der Waals surface area contributed by atoms with Gasteiger partial charge >= 0.3 is 0 Å². The van der Waals surface area contributed by atoms with Crippen LogP contribution < -0.4 is 10.9 Å². The SMILES string of the molecule is Cn1c(-c2ccc(F)cc2)cn2cc(C(=O)NCCc3cn[nH]c3)nc2c1=O. The number of aromatic nitrogens is 5. The first kappa shape index (κ1) is 17.7. The van der Waals surface area contributed by atoms with Crippen LogP contribution in [0, 0.1) is 5.82 Å². The number of fused-ring (bicyclic) bond motifs is 1. The summed E-state index contributed by atoms with van der Waals surface area (Å²) in [5.41, 5.74) is 2.20. The predicted molar refractivity (Wildman–Crippen MR) is 100 cm³/mol. The Morgan fingerprint density at radius 3 is 2.75 bits per heavy atom. The third kappa shape index (κ3) is 3.29. The Hall–Kier alpha value is -3.75. The number of amides is 1. The van der Waals surface area contributed by atoms with Gasteiger partial charge in [-0.1, -0.05) is 0 Å². The van der Waals surface area contributed by atoms with Crippen molar-refractivity contribution in [2.45, 2.75) is 6.42 Å². The molecule has 3 heterocycles. The fourth-order valence-corrected chi connectivity index (χ4v) is 2.95. The molecule has 28 heavy (non-hydrogen) atoms. The fraction of sp³-hybridized carbons (Fsp3) is 0.158. The zero-order chi connectivity index (χ0) is 19.7. The molecule has 1 amide bonds. The normalized spacial score (nSPS) is 11.1. The summed E-state index contributed by atoms with van der Waals surface area (Å²) < 4.78 is 16.1. The third-order valence-electron chi connectivity index (χ3n) is 4.48. The number of rotatable bonds is 5. The van der Waals surface area contributed by atoms with Gasteiger partial charge in [0.15, 0.2) is 0 Å². The fourth-order valence-electron chi connectivity index (χ4n) is 2.95. The lowest BCUT2D eigenvalue weighted by Gasteiger charge is -2.09. The largest absolute Gasteiger partial charge is 0.350 e. The number of carbonyl (C=O) groups excluding carboxylic acids is 1. The minimum Gasteiger partial charge on any atom is -0.350 e. The van der Waals surface area contributed by atoms with Crippen LogP contribution in [0.5, 0.6) is 0 Å². The van der Waals surface area contributed by atoms with Crippen molar-refractivity contribution in [3.63, 3.8) is 0 Å². The highest BCUT2D eigenvalue weighted by Crippen LogP contribution is 2.18. The number of nitrogens with one attached hydrogen (secondary N) is 2. The van der Waals surface area contributed by atoms with Gasteiger partial charge in [-0.05, 0) is 41.8 Å². The van der Waals surface area contributed by atoms with Crippen molar-refractivity contribution in [2.24, 2.45) is 7.05 Å². The van der Waals surface area contributed by atoms with Crippen molar-refractivity contribution in [3.8, 4) is 11.3 Å². The number of benzene rings is 1. The Balaban J connectivity index is 1.61. The highest BCUT2D eigenvalue weighted by molar-refractivity contribution is 5.92. The Kier molecular flexibility index (Phi) is 4.48. The van der Waals surface area contributed by atoms with Gasteiger partial charge in [-0.3, -0.25) is 19.1 Å². The molecule has 2 N–H and O–H groups in total. The molecule has 0 aliphatic heterocycles. The van der Waals surface area contributed by atoms with Gasteiger partial charge in [-0.15, -0.1) is 0 Å². The van der Waals surface area contributed by atoms with Crippen LogP contribution in [0.2, 0.25) is 0 Å². The summed E-state index contributed by atoms with van der Waals surface area (Å²) in [6.07, 6.45) is 7.29. The molecule has 0 saturated carbocycles. The highest BCUT2D eigenvalue weighted by Gasteiger charge is 2.15. The molecule has 0 bridgehead atoms. The lowest BCUT2D eigenvalue weighted by atomic mass is 10.1. The molecule has 4 aromatic rings. The van der Waals surface area contributed by atoms with E-state index in [4.69, 9.17) is 0 Å². The summed E-state index contributed by atoms with van der Waals surface area (Å²) in [6.45, 7) is 0.422. The summed E-state index contributed by atoms with van der Waals surface area (Å²) in [6, 6.07) is 5.85. The molecule has 142 valence electrons. The minimum absolute atomic E-state index is 0.147. The van der Waals surface area contributed by atoms with Gasteiger partial charge < -0.3 is 9.88 Å². The van der Waals surface area contributed by atoms with Gasteiger partial charge in [0.2, 0.25) is 5.65 Å². The van der Waals surface area contributed by atoms with E-state index in [-0.39, 0.29) is 28.6 Å². The summed E-state index contributed by atoms with van der Waals surface area (Å²) in [4.78, 5) is 29.2. The van der Waals surface area contributed by atoms with Crippen LogP contribution in [-0.2, 0) is 13.5 Å². The first-order chi connectivity index (χ1) is 13.5. The number of halogens is 1. The second-order valence-corrected chi connectivity index (χ2v) is 6.35. The van der Waals surface area contributed by atoms with Crippen molar-refractivity contribution < 1.29 is 9.18 Å². The maximum atomic E-state index is 13.2. The van der Waals surface area contributed by atoms with E-state index < -0.39 is 0 Å². The minimum atomic E-state index is -0.363. The summed E-state index contributed by atoms with van der Waals surface area (Å²) in [5, 5.41) is 9.34. The number of aromatic amines is 1. The van der Waals surface area contributed by atoms with Crippen molar-refractivity contribution >= 4 is 11.6 Å². The van der Waals surface area contributed by atoms with E-state index in [9.17, 15) is 14.0 Å². The van der Waals surface area contributed by atoms with E-state index in [1.807, 2.05) is 0 Å². The second kappa shape index (κ2) is 7.10. The van der Waals surface area contributed by atoms with Gasteiger partial charge in [-0.2, -0.15) is 5.10 Å². The summed E-state index contributed by atoms with van der Waals surface area (Å²) in [7, 11) is 1.61. The van der Waals surface area contributed by atoms with Gasteiger partial charge in [-0.25, -0.2) is 9.37 Å². The first-order valence-electron chi connectivity index (χ1n) is 8.63. The van der Waals surface area contributed by atoms with Gasteiger partial charge in [0.05, 0.1) is 11.9 Å². The molecule has 0 atom stereocenters. The van der Waals surface area contributed by atoms with Crippen LogP contribution in [-0.4, -0.2) is 36.6 Å². The number of H-pyrrole nitrogens is 1. The zero-order valence-electron chi connectivity index (χ0n) is 15.0. The Morgan fingerprint density at radius 2 is 2.04 bits per heavy atom. The van der Waals surface area contributed by atoms with Crippen molar-refractivity contribution in [2.75, 3.05) is 6.54 Å². The smallest absolute Gasteiger partial charge is 0.294 e. The number of carbonyl (C=O) groups is 1. The Morgan fingerprint density at radius 1 is 1.25 bits per heavy atom. The van der Waals surface area contributed by atoms with E-state index in [2.05, 4.69) is 20.5 Å². The number of nitrogens with zero attached hydrogens (tertiary/aromatic N) is 4. The molecule has 0 aliphatic rings. The second-order valence-electron chi connectivity index (χ2n) is 6.35. The van der Waals surface area contributed by atoms with Gasteiger partial charge in [0.25, 0.3) is 11.5 Å². The average Bonchev–Trinajstić information content (AvgIpc) is 3.35. The van der Waals surface area contributed by atoms with Crippen molar-refractivity contribution in [1.29, 1.82) is 0 Å². The maximum Gasteiger partial charge on any atom is 0.294 e. The lowest BCUT2D eigenvalue weighted by molar-refractivity contribution is 0.0949. The van der Waals surface area contributed by atoms with Crippen LogP contribution in [0.15, 0.2) is 53.8 Å². The van der Waals surface area contributed by atoms with E-state index in [1.165, 1.54) is 27.3 Å². The quantitative estimate of drug-likeness (QED) is 0.549. The number of hydrogen-bond donors (Lipinski definition) is 2. The molecular formula is C19H17FN6O2. The molecule has 0 spiro atoms. The van der Waals surface area contributed by atoms with Crippen LogP contribution in [0.25, 0.3) is 16.9 Å². The first-order valence-corrected chi connectivity index (χ1v) is 8.63. The monoisotopic (exact) mass is 380 g/mol. The molecule has 0 fully saturated rings. The zero-order valence-corrected chi connectivity index (χ0v) is 15.0. The molecule has 9 heteroatoms. The lowest BCUT2D eigenvalue weighted by Crippen LogP contribution is -2.26. The third-order valence-corrected chi connectivity index (χ3v) is 4.48. The molecular weight excluding hydrogens is 363 g/mol. The molecule has 4 rings (SSSR count). The molecule has 8 nitrogen and oxygen atoms in total. The average molecular weight is 380 g/mol. The molecule has 0 unspecified atom stereocenters. The summed E-state index contributed by atoms with van der Waals surface area (Å²) in [5.74, 6) is -0.718. The van der Waals surface area contributed by atoms with E-state index in [1.54, 1.807) is 37.8 Å². The molecule has 1 aromatic carbocycles. The Labute approximate surface area is 158 Å². The Bertz CT molecular complexity index is 1190. The molecule has 0 saturated heterocycles. The van der Waals surface area contributed by atoms with E-state index in [0.717, 1.165) is 5.56 Å². The maximum absolute atomic E-state index is 13.2. The van der Waals surface area contributed by atoms with E-state index >= 15 is 0 Å². The highest BCUT2D eigenvalue weighted by atomic mass is 19.1. The van der Waals surface area contributed by atoms with E-state index in [0.29, 0.717) is 24.2 Å².